The summed E-state index contributed by atoms with van der Waals surface area (Å²) >= 11 is -1.82. The van der Waals surface area contributed by atoms with Crippen LogP contribution < -0.4 is 4.74 Å². The summed E-state index contributed by atoms with van der Waals surface area (Å²) in [6.07, 6.45) is 3.30. The lowest BCUT2D eigenvalue weighted by Crippen LogP contribution is -2.35. The molecule has 0 amide bonds. The van der Waals surface area contributed by atoms with Crippen LogP contribution in [0.3, 0.4) is 0 Å². The Balaban J connectivity index is 1.94. The molecule has 2 atom stereocenters. The van der Waals surface area contributed by atoms with Crippen LogP contribution in [0.5, 0.6) is 17.2 Å². The standard InChI is InChI=1S/C20H14O7S/c21-13-6-3-5-11-18(16(13)23)26-19-12(8-9-14(22)17(19)24)20(11)10-4-1-2-7-15(10)28(25)27-20/h1-5,7-9,21-24H,6H2. The number of allylic oxidation sites excluding steroid dienone is 1. The van der Waals surface area contributed by atoms with Crippen molar-refractivity contribution in [3.05, 3.63) is 82.5 Å². The molecule has 4 N–H and O–H groups in total. The third-order valence-corrected chi connectivity index (χ3v) is 6.16. The second-order valence-corrected chi connectivity index (χ2v) is 7.63. The number of aliphatic hydroxyl groups is 2. The van der Waals surface area contributed by atoms with Crippen LogP contribution in [-0.2, 0) is 20.9 Å². The van der Waals surface area contributed by atoms with E-state index in [-0.39, 0.29) is 23.7 Å². The molecule has 5 rings (SSSR count). The SMILES string of the molecule is O=S1OC2(C3=C(Oc4c2ccc(O)c4O)C(O)=C(O)CC=C3)c2ccccc21. The Kier molecular flexibility index (Phi) is 3.40. The smallest absolute Gasteiger partial charge is 0.201 e. The Morgan fingerprint density at radius 1 is 1.00 bits per heavy atom. The molecule has 2 aromatic rings. The number of rotatable bonds is 0. The zero-order chi connectivity index (χ0) is 19.6. The van der Waals surface area contributed by atoms with Crippen molar-refractivity contribution in [2.75, 3.05) is 0 Å². The maximum absolute atomic E-state index is 12.8. The van der Waals surface area contributed by atoms with Crippen LogP contribution in [0.4, 0.5) is 0 Å². The molecule has 142 valence electrons. The van der Waals surface area contributed by atoms with Gasteiger partial charge < -0.3 is 25.2 Å². The minimum absolute atomic E-state index is 0.0522. The zero-order valence-electron chi connectivity index (χ0n) is 14.2. The fraction of sp³-hybridized carbons (Fsp3) is 0.100. The van der Waals surface area contributed by atoms with E-state index < -0.39 is 33.9 Å². The van der Waals surface area contributed by atoms with E-state index >= 15 is 0 Å². The van der Waals surface area contributed by atoms with Crippen LogP contribution in [0.15, 0.2) is 76.3 Å². The summed E-state index contributed by atoms with van der Waals surface area (Å²) in [5.74, 6) is -2.13. The van der Waals surface area contributed by atoms with Crippen LogP contribution >= 0.6 is 0 Å². The number of benzene rings is 2. The minimum atomic E-state index is -1.82. The van der Waals surface area contributed by atoms with Gasteiger partial charge in [0.2, 0.25) is 5.75 Å². The molecule has 0 radical (unpaired) electrons. The molecule has 2 aromatic carbocycles. The van der Waals surface area contributed by atoms with E-state index in [0.29, 0.717) is 21.6 Å². The van der Waals surface area contributed by atoms with Crippen molar-refractivity contribution in [2.24, 2.45) is 0 Å². The van der Waals surface area contributed by atoms with Crippen molar-refractivity contribution in [1.29, 1.82) is 0 Å². The Bertz CT molecular complexity index is 1160. The molecular formula is C20H14O7S. The molecule has 0 bridgehead atoms. The second kappa shape index (κ2) is 5.63. The summed E-state index contributed by atoms with van der Waals surface area (Å²) in [6, 6.07) is 9.69. The van der Waals surface area contributed by atoms with Crippen molar-refractivity contribution >= 4 is 11.1 Å². The largest absolute Gasteiger partial charge is 0.508 e. The van der Waals surface area contributed by atoms with E-state index in [1.807, 2.05) is 0 Å². The summed E-state index contributed by atoms with van der Waals surface area (Å²) in [5.41, 5.74) is -0.275. The Morgan fingerprint density at radius 2 is 1.79 bits per heavy atom. The molecule has 3 aliphatic rings. The van der Waals surface area contributed by atoms with Gasteiger partial charge in [-0.25, -0.2) is 4.21 Å². The monoisotopic (exact) mass is 398 g/mol. The lowest BCUT2D eigenvalue weighted by molar-refractivity contribution is 0.161. The van der Waals surface area contributed by atoms with Crippen LogP contribution in [-0.4, -0.2) is 24.6 Å². The number of hydrogen-bond donors (Lipinski definition) is 4. The zero-order valence-corrected chi connectivity index (χ0v) is 15.1. The molecule has 2 aliphatic heterocycles. The van der Waals surface area contributed by atoms with E-state index in [0.717, 1.165) is 0 Å². The van der Waals surface area contributed by atoms with Crippen LogP contribution in [0, 0.1) is 0 Å². The fourth-order valence-electron chi connectivity index (χ4n) is 3.77. The van der Waals surface area contributed by atoms with E-state index in [1.54, 1.807) is 36.4 Å². The minimum Gasteiger partial charge on any atom is -0.508 e. The highest BCUT2D eigenvalue weighted by atomic mass is 32.2. The highest BCUT2D eigenvalue weighted by Gasteiger charge is 2.55. The van der Waals surface area contributed by atoms with E-state index in [2.05, 4.69) is 0 Å². The highest BCUT2D eigenvalue weighted by molar-refractivity contribution is 7.80. The normalized spacial score (nSPS) is 25.2. The van der Waals surface area contributed by atoms with Crippen molar-refractivity contribution in [2.45, 2.75) is 16.9 Å². The first-order valence-corrected chi connectivity index (χ1v) is 9.49. The predicted octanol–water partition coefficient (Wildman–Crippen LogP) is 3.33. The number of hydrogen-bond acceptors (Lipinski definition) is 7. The summed E-state index contributed by atoms with van der Waals surface area (Å²) in [5, 5.41) is 41.0. The average Bonchev–Trinajstić information content (AvgIpc) is 2.90. The molecule has 1 aliphatic carbocycles. The van der Waals surface area contributed by atoms with E-state index in [9.17, 15) is 24.6 Å². The average molecular weight is 398 g/mol. The maximum atomic E-state index is 12.8. The van der Waals surface area contributed by atoms with Gasteiger partial charge in [0, 0.05) is 23.1 Å². The molecule has 0 saturated carbocycles. The summed E-state index contributed by atoms with van der Waals surface area (Å²) in [4.78, 5) is 0.445. The van der Waals surface area contributed by atoms with Gasteiger partial charge in [0.15, 0.2) is 39.7 Å². The lowest BCUT2D eigenvalue weighted by atomic mass is 9.77. The van der Waals surface area contributed by atoms with Gasteiger partial charge in [0.1, 0.15) is 5.76 Å². The van der Waals surface area contributed by atoms with Gasteiger partial charge in [0.25, 0.3) is 0 Å². The summed E-state index contributed by atoms with van der Waals surface area (Å²) in [7, 11) is 0. The number of fused-ring (bicyclic) bond motifs is 5. The van der Waals surface area contributed by atoms with Crippen molar-refractivity contribution in [3.8, 4) is 17.2 Å². The number of ether oxygens (including phenoxy) is 1. The van der Waals surface area contributed by atoms with Gasteiger partial charge in [-0.1, -0.05) is 30.4 Å². The molecule has 8 heteroatoms. The molecule has 0 fully saturated rings. The van der Waals surface area contributed by atoms with Gasteiger partial charge in [0.05, 0.1) is 4.90 Å². The summed E-state index contributed by atoms with van der Waals surface area (Å²) in [6.45, 7) is 0. The predicted molar refractivity (Wildman–Crippen MR) is 98.2 cm³/mol. The Morgan fingerprint density at radius 3 is 2.61 bits per heavy atom. The fourth-order valence-corrected chi connectivity index (χ4v) is 4.94. The Labute approximate surface area is 161 Å². The number of aromatic hydroxyl groups is 2. The first kappa shape index (κ1) is 16.9. The van der Waals surface area contributed by atoms with Crippen LogP contribution in [0.25, 0.3) is 0 Å². The van der Waals surface area contributed by atoms with Crippen LogP contribution in [0.2, 0.25) is 0 Å². The molecule has 0 aromatic heterocycles. The number of phenols is 2. The first-order chi connectivity index (χ1) is 13.4. The Hall–Kier alpha value is -3.23. The van der Waals surface area contributed by atoms with Crippen molar-refractivity contribution < 1.29 is 33.6 Å². The maximum Gasteiger partial charge on any atom is 0.201 e. The lowest BCUT2D eigenvalue weighted by Gasteiger charge is -2.36. The van der Waals surface area contributed by atoms with Gasteiger partial charge in [-0.05, 0) is 18.2 Å². The first-order valence-electron chi connectivity index (χ1n) is 8.42. The van der Waals surface area contributed by atoms with Gasteiger partial charge in [-0.2, -0.15) is 0 Å². The van der Waals surface area contributed by atoms with Crippen LogP contribution in [0.1, 0.15) is 17.5 Å². The highest BCUT2D eigenvalue weighted by Crippen LogP contribution is 2.59. The van der Waals surface area contributed by atoms with Gasteiger partial charge in [-0.3, -0.25) is 4.18 Å². The summed E-state index contributed by atoms with van der Waals surface area (Å²) < 4.78 is 24.5. The van der Waals surface area contributed by atoms with Gasteiger partial charge in [-0.15, -0.1) is 0 Å². The molecule has 1 spiro atoms. The molecular weight excluding hydrogens is 384 g/mol. The third-order valence-electron chi connectivity index (χ3n) is 5.05. The molecule has 0 saturated heterocycles. The quantitative estimate of drug-likeness (QED) is 0.503. The number of phenolic OH excluding ortho intramolecular Hbond substituents is 2. The topological polar surface area (TPSA) is 116 Å². The second-order valence-electron chi connectivity index (χ2n) is 6.55. The van der Waals surface area contributed by atoms with Crippen molar-refractivity contribution in [1.82, 2.24) is 0 Å². The molecule has 28 heavy (non-hydrogen) atoms. The van der Waals surface area contributed by atoms with E-state index in [4.69, 9.17) is 8.92 Å². The molecule has 7 nitrogen and oxygen atoms in total. The van der Waals surface area contributed by atoms with Gasteiger partial charge >= 0.3 is 0 Å². The van der Waals surface area contributed by atoms with Crippen molar-refractivity contribution in [3.63, 3.8) is 0 Å². The third kappa shape index (κ3) is 1.98. The van der Waals surface area contributed by atoms with E-state index in [1.165, 1.54) is 12.1 Å². The molecule has 2 unspecified atom stereocenters. The molecule has 2 heterocycles. The number of aliphatic hydroxyl groups excluding tert-OH is 2.